The third kappa shape index (κ3) is 1.93. The van der Waals surface area contributed by atoms with Gasteiger partial charge in [-0.15, -0.1) is 0 Å². The zero-order chi connectivity index (χ0) is 13.1. The van der Waals surface area contributed by atoms with E-state index in [1.54, 1.807) is 0 Å². The van der Waals surface area contributed by atoms with Crippen LogP contribution in [-0.2, 0) is 9.47 Å². The highest BCUT2D eigenvalue weighted by Gasteiger charge is 2.65. The lowest BCUT2D eigenvalue weighted by Crippen LogP contribution is -2.37. The molecule has 0 saturated carbocycles. The average molecular weight is 252 g/mol. The smallest absolute Gasteiger partial charge is 0.120 e. The number of rotatable bonds is 0. The van der Waals surface area contributed by atoms with Crippen LogP contribution >= 0.6 is 0 Å². The van der Waals surface area contributed by atoms with Crippen molar-refractivity contribution >= 4 is 0 Å². The van der Waals surface area contributed by atoms with Crippen molar-refractivity contribution in [1.29, 1.82) is 0 Å². The number of hydrogen-bond acceptors (Lipinski definition) is 3. The Morgan fingerprint density at radius 3 is 2.78 bits per heavy atom. The molecule has 1 unspecified atom stereocenters. The van der Waals surface area contributed by atoms with Gasteiger partial charge >= 0.3 is 0 Å². The summed E-state index contributed by atoms with van der Waals surface area (Å²) < 4.78 is 11.5. The van der Waals surface area contributed by atoms with Gasteiger partial charge in [0.25, 0.3) is 0 Å². The fourth-order valence-corrected chi connectivity index (χ4v) is 3.21. The summed E-state index contributed by atoms with van der Waals surface area (Å²) >= 11 is 0. The van der Waals surface area contributed by atoms with Gasteiger partial charge in [0.05, 0.1) is 12.2 Å². The van der Waals surface area contributed by atoms with E-state index >= 15 is 0 Å². The van der Waals surface area contributed by atoms with Crippen LogP contribution in [0.2, 0.25) is 0 Å². The van der Waals surface area contributed by atoms with Crippen LogP contribution in [0.3, 0.4) is 0 Å². The Kier molecular flexibility index (Phi) is 2.68. The predicted molar refractivity (Wildman–Crippen MR) is 69.3 cm³/mol. The maximum atomic E-state index is 10.4. The number of hydrogen-bond donors (Lipinski definition) is 1. The molecule has 2 fully saturated rings. The van der Waals surface area contributed by atoms with Gasteiger partial charge in [0.2, 0.25) is 0 Å². The average Bonchev–Trinajstić information content (AvgIpc) is 3.17. The maximum Gasteiger partial charge on any atom is 0.120 e. The van der Waals surface area contributed by atoms with Crippen LogP contribution in [0.5, 0.6) is 0 Å². The van der Waals surface area contributed by atoms with E-state index in [4.69, 9.17) is 9.47 Å². The van der Waals surface area contributed by atoms with Crippen molar-refractivity contribution in [2.24, 2.45) is 5.41 Å². The fraction of sp³-hybridized carbons (Fsp3) is 0.867. The summed E-state index contributed by atoms with van der Waals surface area (Å²) in [5, 5.41) is 10.4. The molecule has 2 heterocycles. The Hall–Kier alpha value is -0.380. The van der Waals surface area contributed by atoms with Gasteiger partial charge in [0, 0.05) is 0 Å². The molecule has 3 heteroatoms. The highest BCUT2D eigenvalue weighted by Crippen LogP contribution is 2.51. The zero-order valence-electron chi connectivity index (χ0n) is 11.8. The summed E-state index contributed by atoms with van der Waals surface area (Å²) in [5.41, 5.74) is 1.15. The molecule has 0 radical (unpaired) electrons. The molecule has 18 heavy (non-hydrogen) atoms. The van der Waals surface area contributed by atoms with Crippen LogP contribution in [0.25, 0.3) is 0 Å². The number of aliphatic hydroxyl groups excluding tert-OH is 1. The lowest BCUT2D eigenvalue weighted by molar-refractivity contribution is 0.0593. The van der Waals surface area contributed by atoms with Gasteiger partial charge in [-0.1, -0.05) is 25.5 Å². The number of ether oxygens (including phenoxy) is 2. The van der Waals surface area contributed by atoms with E-state index in [9.17, 15) is 5.11 Å². The summed E-state index contributed by atoms with van der Waals surface area (Å²) in [7, 11) is 0. The van der Waals surface area contributed by atoms with Crippen LogP contribution in [0.1, 0.15) is 47.0 Å². The second-order valence-corrected chi connectivity index (χ2v) is 7.04. The van der Waals surface area contributed by atoms with E-state index in [0.717, 1.165) is 19.3 Å². The first-order chi connectivity index (χ1) is 8.34. The van der Waals surface area contributed by atoms with Crippen molar-refractivity contribution in [2.75, 3.05) is 0 Å². The van der Waals surface area contributed by atoms with Gasteiger partial charge in [0.15, 0.2) is 0 Å². The molecular weight excluding hydrogens is 228 g/mol. The normalized spacial score (nSPS) is 53.3. The zero-order valence-corrected chi connectivity index (χ0v) is 11.8. The van der Waals surface area contributed by atoms with E-state index in [1.807, 2.05) is 6.92 Å². The third-order valence-corrected chi connectivity index (χ3v) is 4.95. The summed E-state index contributed by atoms with van der Waals surface area (Å²) in [6.07, 6.45) is 5.27. The highest BCUT2D eigenvalue weighted by molar-refractivity contribution is 5.16. The monoisotopic (exact) mass is 252 g/mol. The summed E-state index contributed by atoms with van der Waals surface area (Å²) in [5.74, 6) is 0. The molecule has 3 rings (SSSR count). The molecular formula is C15H24O3. The Morgan fingerprint density at radius 1 is 1.33 bits per heavy atom. The maximum absolute atomic E-state index is 10.4. The Labute approximate surface area is 109 Å². The van der Waals surface area contributed by atoms with Crippen molar-refractivity contribution in [2.45, 2.75) is 77.0 Å². The minimum absolute atomic E-state index is 0.0400. The third-order valence-electron chi connectivity index (χ3n) is 4.95. The molecule has 1 aliphatic carbocycles. The van der Waals surface area contributed by atoms with Crippen LogP contribution < -0.4 is 0 Å². The summed E-state index contributed by atoms with van der Waals surface area (Å²) in [6.45, 7) is 8.65. The Balaban J connectivity index is 1.83. The molecule has 0 aromatic heterocycles. The van der Waals surface area contributed by atoms with Gasteiger partial charge < -0.3 is 14.6 Å². The van der Waals surface area contributed by atoms with Gasteiger partial charge in [-0.05, 0) is 38.5 Å². The molecule has 102 valence electrons. The first kappa shape index (κ1) is 12.6. The van der Waals surface area contributed by atoms with E-state index < -0.39 is 6.10 Å². The van der Waals surface area contributed by atoms with Gasteiger partial charge in [-0.3, -0.25) is 0 Å². The van der Waals surface area contributed by atoms with E-state index in [2.05, 4.69) is 26.8 Å². The minimum atomic E-state index is -0.481. The number of fused-ring (bicyclic) bond motifs is 2. The lowest BCUT2D eigenvalue weighted by Gasteiger charge is -2.22. The first-order valence-corrected chi connectivity index (χ1v) is 7.01. The minimum Gasteiger partial charge on any atom is -0.387 e. The van der Waals surface area contributed by atoms with Crippen LogP contribution in [0, 0.1) is 5.41 Å². The predicted octanol–water partition coefficient (Wildman–Crippen LogP) is 2.43. The van der Waals surface area contributed by atoms with Gasteiger partial charge in [-0.2, -0.15) is 0 Å². The van der Waals surface area contributed by atoms with Crippen LogP contribution in [-0.4, -0.2) is 35.1 Å². The topological polar surface area (TPSA) is 45.3 Å². The molecule has 3 aliphatic rings. The van der Waals surface area contributed by atoms with Crippen molar-refractivity contribution in [3.8, 4) is 0 Å². The van der Waals surface area contributed by atoms with Crippen LogP contribution in [0.4, 0.5) is 0 Å². The van der Waals surface area contributed by atoms with E-state index in [1.165, 1.54) is 5.57 Å². The number of aliphatic hydroxyl groups is 1. The Bertz CT molecular complexity index is 387. The molecule has 0 amide bonds. The van der Waals surface area contributed by atoms with Crippen molar-refractivity contribution in [1.82, 2.24) is 0 Å². The molecule has 0 aromatic rings. The molecule has 2 saturated heterocycles. The molecule has 3 nitrogen and oxygen atoms in total. The van der Waals surface area contributed by atoms with Gasteiger partial charge in [-0.25, -0.2) is 0 Å². The number of epoxide rings is 2. The first-order valence-electron chi connectivity index (χ1n) is 7.01. The van der Waals surface area contributed by atoms with Crippen molar-refractivity contribution in [3.63, 3.8) is 0 Å². The standard InChI is InChI=1S/C15H24O3/c1-9-5-6-10-15(4,18-10)12(16)11-13(17-11)14(2,3)8-7-9/h7,10-13,16H,5-6,8H2,1-4H3/b9-7+/t10-,11-,12?,13-,15+/m1/s1. The summed E-state index contributed by atoms with van der Waals surface area (Å²) in [4.78, 5) is 0. The molecule has 0 aromatic carbocycles. The van der Waals surface area contributed by atoms with Crippen molar-refractivity contribution in [3.05, 3.63) is 11.6 Å². The van der Waals surface area contributed by atoms with Crippen LogP contribution in [0.15, 0.2) is 11.6 Å². The molecule has 0 spiro atoms. The fourth-order valence-electron chi connectivity index (χ4n) is 3.21. The Morgan fingerprint density at radius 2 is 2.06 bits per heavy atom. The van der Waals surface area contributed by atoms with Gasteiger partial charge in [0.1, 0.15) is 17.8 Å². The molecule has 0 bridgehead atoms. The summed E-state index contributed by atoms with van der Waals surface area (Å²) in [6, 6.07) is 0. The second-order valence-electron chi connectivity index (χ2n) is 7.04. The largest absolute Gasteiger partial charge is 0.387 e. The second kappa shape index (κ2) is 3.81. The molecule has 1 N–H and O–H groups in total. The van der Waals surface area contributed by atoms with E-state index in [-0.39, 0.29) is 29.3 Å². The lowest BCUT2D eigenvalue weighted by atomic mass is 9.81. The highest BCUT2D eigenvalue weighted by atomic mass is 16.6. The molecule has 2 aliphatic heterocycles. The van der Waals surface area contributed by atoms with E-state index in [0.29, 0.717) is 0 Å². The number of allylic oxidation sites excluding steroid dienone is 2. The van der Waals surface area contributed by atoms with Crippen molar-refractivity contribution < 1.29 is 14.6 Å². The quantitative estimate of drug-likeness (QED) is 0.532. The molecule has 5 atom stereocenters. The SMILES string of the molecule is C/C1=C\CC(C)(C)[C@@H]2O[C@@H]2C(O)[C@@]2(C)O[C@@H]2CC1.